The second-order valence-electron chi connectivity index (χ2n) is 5.87. The first kappa shape index (κ1) is 17.6. The topological polar surface area (TPSA) is 56.9 Å². The van der Waals surface area contributed by atoms with Crippen LogP contribution in [-0.2, 0) is 6.42 Å². The molecule has 7 heteroatoms. The number of guanidine groups is 1. The molecule has 0 bridgehead atoms. The second kappa shape index (κ2) is 8.76. The zero-order valence-corrected chi connectivity index (χ0v) is 15.2. The number of hydrogen-bond acceptors (Lipinski definition) is 4. The van der Waals surface area contributed by atoms with Crippen molar-refractivity contribution < 1.29 is 4.42 Å². The summed E-state index contributed by atoms with van der Waals surface area (Å²) in [5.41, 5.74) is 1.05. The minimum atomic E-state index is 0.704. The summed E-state index contributed by atoms with van der Waals surface area (Å²) in [5.74, 6) is 1.94. The van der Waals surface area contributed by atoms with Gasteiger partial charge >= 0.3 is 0 Å². The molecule has 0 amide bonds. The third kappa shape index (κ3) is 4.66. The lowest BCUT2D eigenvalue weighted by molar-refractivity contribution is 0.372. The van der Waals surface area contributed by atoms with Gasteiger partial charge in [-0.2, -0.15) is 0 Å². The van der Waals surface area contributed by atoms with E-state index in [2.05, 4.69) is 27.0 Å². The molecule has 3 heterocycles. The van der Waals surface area contributed by atoms with Gasteiger partial charge in [-0.25, -0.2) is 0 Å². The molecule has 1 N–H and O–H groups in total. The Balaban J connectivity index is 1.57. The van der Waals surface area contributed by atoms with Crippen LogP contribution in [0.25, 0.3) is 0 Å². The first-order valence-corrected chi connectivity index (χ1v) is 9.06. The summed E-state index contributed by atoms with van der Waals surface area (Å²) in [4.78, 5) is 13.4. The summed E-state index contributed by atoms with van der Waals surface area (Å²) >= 11 is 6.26. The Kier molecular flexibility index (Phi) is 6.17. The minimum Gasteiger partial charge on any atom is -0.469 e. The summed E-state index contributed by atoms with van der Waals surface area (Å²) in [6, 6.07) is 5.87. The van der Waals surface area contributed by atoms with Crippen molar-refractivity contribution in [3.05, 3.63) is 47.6 Å². The molecule has 0 aromatic carbocycles. The van der Waals surface area contributed by atoms with Gasteiger partial charge in [-0.15, -0.1) is 0 Å². The van der Waals surface area contributed by atoms with Crippen molar-refractivity contribution >= 4 is 23.2 Å². The van der Waals surface area contributed by atoms with Gasteiger partial charge in [0.05, 0.1) is 17.0 Å². The fourth-order valence-electron chi connectivity index (χ4n) is 2.94. The van der Waals surface area contributed by atoms with Crippen molar-refractivity contribution in [3.8, 4) is 0 Å². The van der Waals surface area contributed by atoms with Gasteiger partial charge in [0.25, 0.3) is 0 Å². The smallest absolute Gasteiger partial charge is 0.194 e. The molecule has 0 atom stereocenters. The molecule has 0 unspecified atom stereocenters. The number of nitrogens with one attached hydrogen (secondary N) is 1. The largest absolute Gasteiger partial charge is 0.469 e. The van der Waals surface area contributed by atoms with Crippen LogP contribution in [-0.4, -0.2) is 55.1 Å². The number of hydrogen-bond donors (Lipinski definition) is 1. The summed E-state index contributed by atoms with van der Waals surface area (Å²) in [6.07, 6.45) is 6.00. The molecule has 3 rings (SSSR count). The first-order chi connectivity index (χ1) is 12.3. The normalized spacial score (nSPS) is 15.5. The Labute approximate surface area is 153 Å². The van der Waals surface area contributed by atoms with Crippen molar-refractivity contribution in [2.45, 2.75) is 13.3 Å². The molecule has 1 fully saturated rings. The van der Waals surface area contributed by atoms with Crippen LogP contribution in [0.4, 0.5) is 5.69 Å². The summed E-state index contributed by atoms with van der Waals surface area (Å²) in [7, 11) is 0. The number of piperazine rings is 1. The van der Waals surface area contributed by atoms with Crippen molar-refractivity contribution in [1.82, 2.24) is 15.2 Å². The highest BCUT2D eigenvalue weighted by Gasteiger charge is 2.21. The Morgan fingerprint density at radius 2 is 2.16 bits per heavy atom. The predicted molar refractivity (Wildman–Crippen MR) is 101 cm³/mol. The van der Waals surface area contributed by atoms with Crippen LogP contribution >= 0.6 is 11.6 Å². The van der Waals surface area contributed by atoms with Crippen molar-refractivity contribution in [2.24, 2.45) is 4.99 Å². The Bertz CT molecular complexity index is 681. The molecule has 134 valence electrons. The zero-order valence-electron chi connectivity index (χ0n) is 14.5. The van der Waals surface area contributed by atoms with Crippen LogP contribution in [0.1, 0.15) is 12.7 Å². The lowest BCUT2D eigenvalue weighted by Crippen LogP contribution is -2.52. The van der Waals surface area contributed by atoms with E-state index in [-0.39, 0.29) is 0 Å². The Hall–Kier alpha value is -2.21. The highest BCUT2D eigenvalue weighted by atomic mass is 35.5. The molecular formula is C18H24ClN5O. The Morgan fingerprint density at radius 3 is 2.84 bits per heavy atom. The molecule has 0 aliphatic carbocycles. The number of nitrogens with zero attached hydrogens (tertiary/aromatic N) is 4. The van der Waals surface area contributed by atoms with E-state index in [4.69, 9.17) is 21.0 Å². The quantitative estimate of drug-likeness (QED) is 0.655. The van der Waals surface area contributed by atoms with E-state index < -0.39 is 0 Å². The second-order valence-corrected chi connectivity index (χ2v) is 6.27. The summed E-state index contributed by atoms with van der Waals surface area (Å²) in [5, 5.41) is 4.09. The van der Waals surface area contributed by atoms with Gasteiger partial charge in [0, 0.05) is 58.1 Å². The number of aliphatic imine (C=N–C) groups is 1. The zero-order chi connectivity index (χ0) is 17.5. The maximum atomic E-state index is 6.26. The number of halogens is 1. The van der Waals surface area contributed by atoms with E-state index in [1.807, 2.05) is 18.2 Å². The average Bonchev–Trinajstić information content (AvgIpc) is 3.15. The molecule has 1 aliphatic rings. The first-order valence-electron chi connectivity index (χ1n) is 8.68. The number of aromatic nitrogens is 1. The van der Waals surface area contributed by atoms with Crippen molar-refractivity contribution in [2.75, 3.05) is 44.2 Å². The van der Waals surface area contributed by atoms with E-state index in [1.165, 1.54) is 0 Å². The van der Waals surface area contributed by atoms with E-state index in [0.717, 1.165) is 56.6 Å². The molecule has 1 saturated heterocycles. The molecule has 0 radical (unpaired) electrons. The molecule has 2 aromatic heterocycles. The molecular weight excluding hydrogens is 338 g/mol. The van der Waals surface area contributed by atoms with Crippen molar-refractivity contribution in [3.63, 3.8) is 0 Å². The fraction of sp³-hybridized carbons (Fsp3) is 0.444. The van der Waals surface area contributed by atoms with E-state index in [9.17, 15) is 0 Å². The van der Waals surface area contributed by atoms with Crippen LogP contribution in [0.5, 0.6) is 0 Å². The van der Waals surface area contributed by atoms with Crippen LogP contribution in [0.3, 0.4) is 0 Å². The maximum Gasteiger partial charge on any atom is 0.194 e. The fourth-order valence-corrected chi connectivity index (χ4v) is 3.17. The van der Waals surface area contributed by atoms with E-state index in [0.29, 0.717) is 11.6 Å². The standard InChI is InChI=1S/C18H24ClN5O/c1-2-21-18(22-8-5-15-4-3-13-25-15)24-11-9-23(10-12-24)17-6-7-20-14-16(17)19/h3-4,6-7,13-14H,2,5,8-12H2,1H3,(H,21,22). The van der Waals surface area contributed by atoms with E-state index in [1.54, 1.807) is 18.7 Å². The third-order valence-corrected chi connectivity index (χ3v) is 4.50. The molecule has 25 heavy (non-hydrogen) atoms. The van der Waals surface area contributed by atoms with Gasteiger partial charge in [-0.3, -0.25) is 9.98 Å². The lowest BCUT2D eigenvalue weighted by atomic mass is 10.2. The number of anilines is 1. The molecule has 1 aliphatic heterocycles. The molecule has 2 aromatic rings. The molecule has 0 saturated carbocycles. The molecule has 6 nitrogen and oxygen atoms in total. The number of pyridine rings is 1. The SMILES string of the molecule is CCNC(=NCCc1ccco1)N1CCN(c2ccncc2Cl)CC1. The lowest BCUT2D eigenvalue weighted by Gasteiger charge is -2.38. The van der Waals surface area contributed by atoms with Crippen molar-refractivity contribution in [1.29, 1.82) is 0 Å². The summed E-state index contributed by atoms with van der Waals surface area (Å²) in [6.45, 7) is 7.30. The third-order valence-electron chi connectivity index (χ3n) is 4.21. The average molecular weight is 362 g/mol. The Morgan fingerprint density at radius 1 is 1.32 bits per heavy atom. The maximum absolute atomic E-state index is 6.26. The highest BCUT2D eigenvalue weighted by Crippen LogP contribution is 2.25. The van der Waals surface area contributed by atoms with Gasteiger partial charge in [0.15, 0.2) is 5.96 Å². The van der Waals surface area contributed by atoms with Gasteiger partial charge in [0.2, 0.25) is 0 Å². The predicted octanol–water partition coefficient (Wildman–Crippen LogP) is 2.66. The van der Waals surface area contributed by atoms with Gasteiger partial charge in [0.1, 0.15) is 5.76 Å². The van der Waals surface area contributed by atoms with Gasteiger partial charge in [-0.05, 0) is 25.1 Å². The highest BCUT2D eigenvalue weighted by molar-refractivity contribution is 6.33. The summed E-state index contributed by atoms with van der Waals surface area (Å²) < 4.78 is 5.37. The number of furan rings is 1. The van der Waals surface area contributed by atoms with Crippen LogP contribution in [0.2, 0.25) is 5.02 Å². The van der Waals surface area contributed by atoms with Crippen LogP contribution in [0, 0.1) is 0 Å². The van der Waals surface area contributed by atoms with Gasteiger partial charge < -0.3 is 19.5 Å². The van der Waals surface area contributed by atoms with E-state index >= 15 is 0 Å². The van der Waals surface area contributed by atoms with Crippen LogP contribution < -0.4 is 10.2 Å². The molecule has 0 spiro atoms. The minimum absolute atomic E-state index is 0.704. The van der Waals surface area contributed by atoms with Gasteiger partial charge in [-0.1, -0.05) is 11.6 Å². The monoisotopic (exact) mass is 361 g/mol. The number of rotatable bonds is 5. The van der Waals surface area contributed by atoms with Crippen LogP contribution in [0.15, 0.2) is 46.3 Å².